The second-order valence-corrected chi connectivity index (χ2v) is 3.03. The van der Waals surface area contributed by atoms with Gasteiger partial charge in [0.05, 0.1) is 24.7 Å². The van der Waals surface area contributed by atoms with Crippen molar-refractivity contribution in [1.29, 1.82) is 0 Å². The van der Waals surface area contributed by atoms with Crippen molar-refractivity contribution in [1.82, 2.24) is 0 Å². The van der Waals surface area contributed by atoms with Crippen LogP contribution in [0.3, 0.4) is 0 Å². The quantitative estimate of drug-likeness (QED) is 0.599. The van der Waals surface area contributed by atoms with Crippen LogP contribution in [0.4, 0.5) is 0 Å². The molecule has 3 N–H and O–H groups in total. The Morgan fingerprint density at radius 2 is 2.36 bits per heavy atom. The van der Waals surface area contributed by atoms with Gasteiger partial charge in [0.2, 0.25) is 0 Å². The first-order chi connectivity index (χ1) is 5.10. The molecule has 1 fully saturated rings. The third-order valence-corrected chi connectivity index (χ3v) is 2.14. The van der Waals surface area contributed by atoms with Crippen LogP contribution in [0.15, 0.2) is 0 Å². The van der Waals surface area contributed by atoms with Gasteiger partial charge in [0.25, 0.3) is 0 Å². The van der Waals surface area contributed by atoms with Crippen LogP contribution in [-0.2, 0) is 9.53 Å². The lowest BCUT2D eigenvalue weighted by Crippen LogP contribution is -2.64. The van der Waals surface area contributed by atoms with E-state index in [0.29, 0.717) is 19.6 Å². The summed E-state index contributed by atoms with van der Waals surface area (Å²) in [5.41, 5.74) is 5.14. The number of ether oxygens (including phenoxy) is 1. The van der Waals surface area contributed by atoms with Crippen molar-refractivity contribution in [3.05, 3.63) is 0 Å². The molecule has 1 unspecified atom stereocenters. The molecule has 11 heavy (non-hydrogen) atoms. The van der Waals surface area contributed by atoms with E-state index in [9.17, 15) is 4.79 Å². The standard InChI is InChI=1S/C7H13NO3/c1-2-5(6(9)10)7(8)3-11-4-7/h5H,2-4,8H2,1H3,(H,9,10). The Morgan fingerprint density at radius 3 is 2.45 bits per heavy atom. The number of nitrogens with two attached hydrogens (primary N) is 1. The molecule has 0 aromatic rings. The predicted molar refractivity (Wildman–Crippen MR) is 39.2 cm³/mol. The minimum absolute atomic E-state index is 0.373. The molecule has 1 heterocycles. The molecule has 1 aliphatic heterocycles. The van der Waals surface area contributed by atoms with Crippen LogP contribution in [0, 0.1) is 5.92 Å². The molecule has 0 aromatic carbocycles. The first kappa shape index (κ1) is 8.49. The summed E-state index contributed by atoms with van der Waals surface area (Å²) < 4.78 is 4.88. The van der Waals surface area contributed by atoms with Crippen molar-refractivity contribution < 1.29 is 14.6 Å². The van der Waals surface area contributed by atoms with Crippen LogP contribution in [0.5, 0.6) is 0 Å². The lowest BCUT2D eigenvalue weighted by Gasteiger charge is -2.41. The molecule has 0 saturated carbocycles. The number of hydrogen-bond donors (Lipinski definition) is 2. The van der Waals surface area contributed by atoms with E-state index < -0.39 is 17.4 Å². The smallest absolute Gasteiger partial charge is 0.308 e. The number of carbonyl (C=O) groups is 1. The van der Waals surface area contributed by atoms with Crippen LogP contribution < -0.4 is 5.73 Å². The third kappa shape index (κ3) is 1.36. The number of aliphatic carboxylic acids is 1. The van der Waals surface area contributed by atoms with Crippen molar-refractivity contribution in [2.24, 2.45) is 11.7 Å². The minimum Gasteiger partial charge on any atom is -0.481 e. The molecular weight excluding hydrogens is 146 g/mol. The summed E-state index contributed by atoms with van der Waals surface area (Å²) in [7, 11) is 0. The van der Waals surface area contributed by atoms with Gasteiger partial charge in [-0.2, -0.15) is 0 Å². The first-order valence-electron chi connectivity index (χ1n) is 3.69. The van der Waals surface area contributed by atoms with Gasteiger partial charge in [-0.05, 0) is 6.42 Å². The molecule has 0 aromatic heterocycles. The van der Waals surface area contributed by atoms with Crippen LogP contribution >= 0.6 is 0 Å². The molecule has 1 atom stereocenters. The Bertz CT molecular complexity index is 165. The number of rotatable bonds is 3. The van der Waals surface area contributed by atoms with E-state index in [4.69, 9.17) is 15.6 Å². The maximum Gasteiger partial charge on any atom is 0.308 e. The average Bonchev–Trinajstić information content (AvgIpc) is 1.85. The maximum atomic E-state index is 10.6. The van der Waals surface area contributed by atoms with Crippen LogP contribution in [-0.4, -0.2) is 29.8 Å². The molecule has 0 aliphatic carbocycles. The van der Waals surface area contributed by atoms with Gasteiger partial charge >= 0.3 is 5.97 Å². The Balaban J connectivity index is 2.60. The van der Waals surface area contributed by atoms with Gasteiger partial charge in [-0.25, -0.2) is 0 Å². The highest BCUT2D eigenvalue weighted by atomic mass is 16.5. The zero-order valence-corrected chi connectivity index (χ0v) is 6.54. The molecule has 0 amide bonds. The largest absolute Gasteiger partial charge is 0.481 e. The van der Waals surface area contributed by atoms with Gasteiger partial charge in [-0.3, -0.25) is 4.79 Å². The highest BCUT2D eigenvalue weighted by molar-refractivity contribution is 5.72. The van der Waals surface area contributed by atoms with Crippen molar-refractivity contribution in [2.75, 3.05) is 13.2 Å². The predicted octanol–water partition coefficient (Wildman–Crippen LogP) is -0.175. The van der Waals surface area contributed by atoms with E-state index in [2.05, 4.69) is 0 Å². The van der Waals surface area contributed by atoms with Gasteiger partial charge in [-0.1, -0.05) is 6.92 Å². The fourth-order valence-electron chi connectivity index (χ4n) is 1.37. The molecule has 1 aliphatic rings. The Morgan fingerprint density at radius 1 is 1.82 bits per heavy atom. The normalized spacial score (nSPS) is 23.8. The lowest BCUT2D eigenvalue weighted by molar-refractivity contribution is -0.155. The molecule has 1 saturated heterocycles. The maximum absolute atomic E-state index is 10.6. The Labute approximate surface area is 65.3 Å². The summed E-state index contributed by atoms with van der Waals surface area (Å²) in [6, 6.07) is 0. The third-order valence-electron chi connectivity index (χ3n) is 2.14. The minimum atomic E-state index is -0.821. The molecule has 4 nitrogen and oxygen atoms in total. The van der Waals surface area contributed by atoms with Crippen molar-refractivity contribution >= 4 is 5.97 Å². The zero-order valence-electron chi connectivity index (χ0n) is 6.54. The van der Waals surface area contributed by atoms with Crippen LogP contribution in [0.2, 0.25) is 0 Å². The summed E-state index contributed by atoms with van der Waals surface area (Å²) in [5.74, 6) is -1.28. The van der Waals surface area contributed by atoms with Crippen LogP contribution in [0.25, 0.3) is 0 Å². The van der Waals surface area contributed by atoms with Gasteiger partial charge in [-0.15, -0.1) is 0 Å². The zero-order chi connectivity index (χ0) is 8.48. The van der Waals surface area contributed by atoms with E-state index in [0.717, 1.165) is 0 Å². The Kier molecular flexibility index (Phi) is 2.15. The fourth-order valence-corrected chi connectivity index (χ4v) is 1.37. The summed E-state index contributed by atoms with van der Waals surface area (Å²) in [5, 5.41) is 8.74. The lowest BCUT2D eigenvalue weighted by atomic mass is 9.81. The van der Waals surface area contributed by atoms with Gasteiger partial charge in [0.1, 0.15) is 0 Å². The SMILES string of the molecule is CCC(C(=O)O)C1(N)COC1. The summed E-state index contributed by atoms with van der Waals surface area (Å²) in [6.45, 7) is 2.57. The second-order valence-electron chi connectivity index (χ2n) is 3.03. The molecule has 4 heteroatoms. The van der Waals surface area contributed by atoms with E-state index in [1.54, 1.807) is 0 Å². The van der Waals surface area contributed by atoms with Gasteiger partial charge in [0.15, 0.2) is 0 Å². The number of hydrogen-bond acceptors (Lipinski definition) is 3. The van der Waals surface area contributed by atoms with Crippen molar-refractivity contribution in [3.63, 3.8) is 0 Å². The van der Waals surface area contributed by atoms with Crippen molar-refractivity contribution in [2.45, 2.75) is 18.9 Å². The van der Waals surface area contributed by atoms with Gasteiger partial charge < -0.3 is 15.6 Å². The monoisotopic (exact) mass is 159 g/mol. The number of carboxylic acids is 1. The van der Waals surface area contributed by atoms with Crippen molar-refractivity contribution in [3.8, 4) is 0 Å². The van der Waals surface area contributed by atoms with Crippen LogP contribution in [0.1, 0.15) is 13.3 Å². The summed E-state index contributed by atoms with van der Waals surface area (Å²) in [4.78, 5) is 10.6. The molecule has 0 spiro atoms. The van der Waals surface area contributed by atoms with Gasteiger partial charge in [0, 0.05) is 0 Å². The molecule has 0 radical (unpaired) electrons. The fraction of sp³-hybridized carbons (Fsp3) is 0.857. The average molecular weight is 159 g/mol. The summed E-state index contributed by atoms with van der Waals surface area (Å²) in [6.07, 6.45) is 0.565. The molecule has 0 bridgehead atoms. The summed E-state index contributed by atoms with van der Waals surface area (Å²) >= 11 is 0. The Hall–Kier alpha value is -0.610. The molecule has 64 valence electrons. The molecule has 1 rings (SSSR count). The second kappa shape index (κ2) is 2.79. The molecular formula is C7H13NO3. The highest BCUT2D eigenvalue weighted by Gasteiger charge is 2.44. The van der Waals surface area contributed by atoms with E-state index >= 15 is 0 Å². The highest BCUT2D eigenvalue weighted by Crippen LogP contribution is 2.26. The topological polar surface area (TPSA) is 72.5 Å². The van der Waals surface area contributed by atoms with E-state index in [1.807, 2.05) is 6.92 Å². The van der Waals surface area contributed by atoms with E-state index in [-0.39, 0.29) is 0 Å². The number of carboxylic acid groups (broad SMARTS) is 1. The van der Waals surface area contributed by atoms with E-state index in [1.165, 1.54) is 0 Å². The first-order valence-corrected chi connectivity index (χ1v) is 3.69.